The molecule has 0 heterocycles. The van der Waals surface area contributed by atoms with Crippen molar-refractivity contribution in [2.75, 3.05) is 18.9 Å². The van der Waals surface area contributed by atoms with Crippen LogP contribution in [0.3, 0.4) is 0 Å². The summed E-state index contributed by atoms with van der Waals surface area (Å²) in [5.74, 6) is -0.367. The Labute approximate surface area is 91.5 Å². The van der Waals surface area contributed by atoms with E-state index in [2.05, 4.69) is 0 Å². The van der Waals surface area contributed by atoms with E-state index in [1.54, 1.807) is 0 Å². The van der Waals surface area contributed by atoms with Crippen LogP contribution >= 0.6 is 7.37 Å². The second-order valence-corrected chi connectivity index (χ2v) is 6.20. The highest BCUT2D eigenvalue weighted by atomic mass is 31.2. The van der Waals surface area contributed by atoms with E-state index in [4.69, 9.17) is 4.74 Å². The molecule has 0 aliphatic heterocycles. The molecule has 0 fully saturated rings. The third-order valence-corrected chi connectivity index (χ3v) is 4.07. The molecule has 0 aromatic carbocycles. The maximum atomic E-state index is 11.4. The van der Waals surface area contributed by atoms with Crippen LogP contribution in [-0.2, 0) is 14.1 Å². The summed E-state index contributed by atoms with van der Waals surface area (Å²) in [5, 5.41) is 0. The molecular weight excluding hydrogens is 215 g/mol. The van der Waals surface area contributed by atoms with Gasteiger partial charge in [0.05, 0.1) is 13.0 Å². The van der Waals surface area contributed by atoms with E-state index in [0.29, 0.717) is 13.0 Å². The van der Waals surface area contributed by atoms with Gasteiger partial charge < -0.3 is 9.63 Å². The highest BCUT2D eigenvalue weighted by Crippen LogP contribution is 2.41. The van der Waals surface area contributed by atoms with Gasteiger partial charge in [-0.25, -0.2) is 0 Å². The molecule has 90 valence electrons. The van der Waals surface area contributed by atoms with Gasteiger partial charge in [0, 0.05) is 12.3 Å². The lowest BCUT2D eigenvalue weighted by molar-refractivity contribution is -0.143. The maximum Gasteiger partial charge on any atom is 0.306 e. The summed E-state index contributed by atoms with van der Waals surface area (Å²) >= 11 is 0. The molecule has 0 aromatic rings. The lowest BCUT2D eigenvalue weighted by atomic mass is 10.4. The molecule has 4 nitrogen and oxygen atoms in total. The van der Waals surface area contributed by atoms with E-state index >= 15 is 0 Å². The van der Waals surface area contributed by atoms with Crippen molar-refractivity contribution in [2.45, 2.75) is 39.5 Å². The van der Waals surface area contributed by atoms with Gasteiger partial charge >= 0.3 is 5.97 Å². The van der Waals surface area contributed by atoms with Crippen LogP contribution in [0.1, 0.15) is 39.5 Å². The second-order valence-electron chi connectivity index (χ2n) is 3.62. The molecule has 1 N–H and O–H groups in total. The van der Waals surface area contributed by atoms with Crippen molar-refractivity contribution in [3.8, 4) is 0 Å². The van der Waals surface area contributed by atoms with Crippen LogP contribution in [-0.4, -0.2) is 29.8 Å². The fraction of sp³-hybridized carbons (Fsp3) is 0.900. The maximum absolute atomic E-state index is 11.4. The van der Waals surface area contributed by atoms with Gasteiger partial charge in [-0.15, -0.1) is 0 Å². The Hall–Kier alpha value is -0.340. The van der Waals surface area contributed by atoms with Gasteiger partial charge in [-0.05, 0) is 12.8 Å². The summed E-state index contributed by atoms with van der Waals surface area (Å²) in [4.78, 5) is 20.5. The number of ether oxygens (including phenoxy) is 1. The summed E-state index contributed by atoms with van der Waals surface area (Å²) in [7, 11) is -3.09. The normalized spacial score (nSPS) is 14.6. The predicted octanol–water partition coefficient (Wildman–Crippen LogP) is 2.40. The van der Waals surface area contributed by atoms with E-state index in [0.717, 1.165) is 12.8 Å². The topological polar surface area (TPSA) is 63.6 Å². The van der Waals surface area contributed by atoms with Crippen molar-refractivity contribution in [1.82, 2.24) is 0 Å². The molecule has 5 heteroatoms. The van der Waals surface area contributed by atoms with Crippen LogP contribution < -0.4 is 0 Å². The van der Waals surface area contributed by atoms with Crippen LogP contribution in [0, 0.1) is 0 Å². The zero-order chi connectivity index (χ0) is 11.7. The Bertz CT molecular complexity index is 227. The molecule has 0 saturated carbocycles. The minimum Gasteiger partial charge on any atom is -0.466 e. The molecule has 0 bridgehead atoms. The van der Waals surface area contributed by atoms with Gasteiger partial charge in [0.25, 0.3) is 0 Å². The largest absolute Gasteiger partial charge is 0.466 e. The standard InChI is InChI=1S/C10H21O4P/c1-3-5-7-14-10(11)6-9-15(12,13)8-4-2/h3-9H2,1-2H3,(H,12,13). The Morgan fingerprint density at radius 1 is 1.27 bits per heavy atom. The Balaban J connectivity index is 3.65. The molecule has 0 saturated heterocycles. The quantitative estimate of drug-likeness (QED) is 0.399. The van der Waals surface area contributed by atoms with Crippen LogP contribution in [0.4, 0.5) is 0 Å². The van der Waals surface area contributed by atoms with Crippen molar-refractivity contribution in [2.24, 2.45) is 0 Å². The van der Waals surface area contributed by atoms with E-state index in [9.17, 15) is 14.3 Å². The number of hydrogen-bond acceptors (Lipinski definition) is 3. The highest BCUT2D eigenvalue weighted by molar-refractivity contribution is 7.58. The Morgan fingerprint density at radius 3 is 2.47 bits per heavy atom. The average molecular weight is 236 g/mol. The van der Waals surface area contributed by atoms with E-state index in [-0.39, 0.29) is 24.7 Å². The van der Waals surface area contributed by atoms with Gasteiger partial charge in [0.1, 0.15) is 0 Å². The summed E-state index contributed by atoms with van der Waals surface area (Å²) in [6.45, 7) is 4.28. The number of carbonyl (C=O) groups excluding carboxylic acids is 1. The second kappa shape index (κ2) is 7.89. The molecule has 0 aromatic heterocycles. The molecule has 15 heavy (non-hydrogen) atoms. The van der Waals surface area contributed by atoms with Crippen LogP contribution in [0.2, 0.25) is 0 Å². The van der Waals surface area contributed by atoms with Gasteiger partial charge in [-0.3, -0.25) is 9.36 Å². The molecule has 1 atom stereocenters. The first-order chi connectivity index (χ1) is 7.02. The minimum absolute atomic E-state index is 0.0474. The lowest BCUT2D eigenvalue weighted by Gasteiger charge is -2.09. The average Bonchev–Trinajstić information content (AvgIpc) is 2.15. The SMILES string of the molecule is CCCCOC(=O)CCP(=O)(O)CCC. The third kappa shape index (κ3) is 8.64. The summed E-state index contributed by atoms with van der Waals surface area (Å²) < 4.78 is 16.3. The first-order valence-corrected chi connectivity index (χ1v) is 7.51. The summed E-state index contributed by atoms with van der Waals surface area (Å²) in [5.41, 5.74) is 0. The fourth-order valence-corrected chi connectivity index (χ4v) is 2.58. The smallest absolute Gasteiger partial charge is 0.306 e. The zero-order valence-corrected chi connectivity index (χ0v) is 10.5. The van der Waals surface area contributed by atoms with E-state index in [1.807, 2.05) is 13.8 Å². The van der Waals surface area contributed by atoms with Crippen molar-refractivity contribution in [3.05, 3.63) is 0 Å². The predicted molar refractivity (Wildman–Crippen MR) is 60.3 cm³/mol. The zero-order valence-electron chi connectivity index (χ0n) is 9.57. The van der Waals surface area contributed by atoms with Gasteiger partial charge in [-0.2, -0.15) is 0 Å². The number of rotatable bonds is 8. The van der Waals surface area contributed by atoms with Gasteiger partial charge in [0.15, 0.2) is 0 Å². The van der Waals surface area contributed by atoms with Crippen molar-refractivity contribution in [1.29, 1.82) is 0 Å². The van der Waals surface area contributed by atoms with E-state index in [1.165, 1.54) is 0 Å². The molecule has 0 spiro atoms. The fourth-order valence-electron chi connectivity index (χ4n) is 1.13. The number of carbonyl (C=O) groups is 1. The van der Waals surface area contributed by atoms with Gasteiger partial charge in [-0.1, -0.05) is 20.3 Å². The van der Waals surface area contributed by atoms with Crippen LogP contribution in [0.25, 0.3) is 0 Å². The molecular formula is C10H21O4P. The molecule has 0 aliphatic rings. The summed E-state index contributed by atoms with van der Waals surface area (Å²) in [6.07, 6.45) is 2.87. The number of unbranched alkanes of at least 4 members (excludes halogenated alkanes) is 1. The molecule has 1 unspecified atom stereocenters. The third-order valence-electron chi connectivity index (χ3n) is 2.00. The van der Waals surface area contributed by atoms with Crippen molar-refractivity contribution < 1.29 is 19.0 Å². The van der Waals surface area contributed by atoms with Crippen molar-refractivity contribution >= 4 is 13.3 Å². The van der Waals surface area contributed by atoms with Gasteiger partial charge in [0.2, 0.25) is 7.37 Å². The van der Waals surface area contributed by atoms with Crippen LogP contribution in [0.5, 0.6) is 0 Å². The Morgan fingerprint density at radius 2 is 1.93 bits per heavy atom. The lowest BCUT2D eigenvalue weighted by Crippen LogP contribution is -2.08. The highest BCUT2D eigenvalue weighted by Gasteiger charge is 2.18. The molecule has 0 rings (SSSR count). The first-order valence-electron chi connectivity index (χ1n) is 5.48. The first kappa shape index (κ1) is 14.7. The monoisotopic (exact) mass is 236 g/mol. The molecule has 0 radical (unpaired) electrons. The number of hydrogen-bond donors (Lipinski definition) is 1. The Kier molecular flexibility index (Phi) is 7.71. The molecule has 0 aliphatic carbocycles. The van der Waals surface area contributed by atoms with E-state index < -0.39 is 7.37 Å². The van der Waals surface area contributed by atoms with Crippen LogP contribution in [0.15, 0.2) is 0 Å². The minimum atomic E-state index is -3.09. The molecule has 0 amide bonds. The number of esters is 1. The summed E-state index contributed by atoms with van der Waals surface area (Å²) in [6, 6.07) is 0. The van der Waals surface area contributed by atoms with Crippen molar-refractivity contribution in [3.63, 3.8) is 0 Å².